The average Bonchev–Trinajstić information content (AvgIpc) is 2.91. The third-order valence-corrected chi connectivity index (χ3v) is 7.15. The summed E-state index contributed by atoms with van der Waals surface area (Å²) in [5, 5.41) is 4.73. The Morgan fingerprint density at radius 2 is 1.67 bits per heavy atom. The molecule has 4 aromatic rings. The van der Waals surface area contributed by atoms with E-state index in [0.717, 1.165) is 37.7 Å². The monoisotopic (exact) mass is 472 g/mol. The van der Waals surface area contributed by atoms with Gasteiger partial charge in [0.25, 0.3) is 0 Å². The Bertz CT molecular complexity index is 1410. The molecule has 0 aliphatic carbocycles. The average molecular weight is 473 g/mol. The summed E-state index contributed by atoms with van der Waals surface area (Å²) in [7, 11) is 0. The van der Waals surface area contributed by atoms with Crippen LogP contribution in [0.4, 0.5) is 0 Å². The second-order valence-corrected chi connectivity index (χ2v) is 9.88. The van der Waals surface area contributed by atoms with Crippen molar-refractivity contribution in [1.82, 2.24) is 10.3 Å². The molecule has 2 heterocycles. The smallest absolute Gasteiger partial charge is 0.0708 e. The number of dihydropyridines is 1. The Morgan fingerprint density at radius 1 is 0.861 bits per heavy atom. The SMILES string of the molecule is CCCc1nc2ccc(C(C3=CC=CNC3)c3cccc(C)c3)cc2c(CCC)c1-c1ccccc1. The standard InChI is InChI=1S/C34H36N2/c1-4-11-29-30-22-27(33(28-17-10-20-35-23-28)26-16-9-13-24(3)21-26)18-19-31(30)36-32(12-5-2)34(29)25-14-7-6-8-15-25/h6-10,13-22,33,35H,4-5,11-12,23H2,1-3H3. The first-order valence-electron chi connectivity index (χ1n) is 13.4. The van der Waals surface area contributed by atoms with Gasteiger partial charge in [-0.15, -0.1) is 0 Å². The molecular weight excluding hydrogens is 436 g/mol. The molecule has 1 aromatic heterocycles. The lowest BCUT2D eigenvalue weighted by molar-refractivity contribution is 0.822. The molecule has 2 heteroatoms. The highest BCUT2D eigenvalue weighted by Gasteiger charge is 2.22. The van der Waals surface area contributed by atoms with Crippen LogP contribution in [-0.2, 0) is 12.8 Å². The number of hydrogen-bond donors (Lipinski definition) is 1. The summed E-state index contributed by atoms with van der Waals surface area (Å²) in [4.78, 5) is 5.25. The van der Waals surface area contributed by atoms with Crippen LogP contribution in [-0.4, -0.2) is 11.5 Å². The molecule has 182 valence electrons. The van der Waals surface area contributed by atoms with Gasteiger partial charge < -0.3 is 5.32 Å². The summed E-state index contributed by atoms with van der Waals surface area (Å²) in [6.45, 7) is 7.57. The molecule has 0 spiro atoms. The van der Waals surface area contributed by atoms with Crippen molar-refractivity contribution in [3.05, 3.63) is 125 Å². The van der Waals surface area contributed by atoms with Crippen LogP contribution in [0.1, 0.15) is 60.6 Å². The fourth-order valence-corrected chi connectivity index (χ4v) is 5.60. The van der Waals surface area contributed by atoms with Crippen LogP contribution >= 0.6 is 0 Å². The number of pyridine rings is 1. The zero-order valence-corrected chi connectivity index (χ0v) is 21.7. The van der Waals surface area contributed by atoms with E-state index in [9.17, 15) is 0 Å². The molecule has 0 radical (unpaired) electrons. The highest BCUT2D eigenvalue weighted by molar-refractivity contribution is 5.91. The topological polar surface area (TPSA) is 24.9 Å². The summed E-state index contributed by atoms with van der Waals surface area (Å²) in [5.41, 5.74) is 11.8. The van der Waals surface area contributed by atoms with Crippen LogP contribution in [0.15, 0.2) is 96.7 Å². The number of fused-ring (bicyclic) bond motifs is 1. The number of rotatable bonds is 8. The van der Waals surface area contributed by atoms with Crippen molar-refractivity contribution in [3.63, 3.8) is 0 Å². The van der Waals surface area contributed by atoms with Crippen LogP contribution < -0.4 is 5.32 Å². The fraction of sp³-hybridized carbons (Fsp3) is 0.265. The van der Waals surface area contributed by atoms with E-state index >= 15 is 0 Å². The summed E-state index contributed by atoms with van der Waals surface area (Å²) < 4.78 is 0. The molecular formula is C34H36N2. The molecule has 5 rings (SSSR count). The van der Waals surface area contributed by atoms with E-state index in [4.69, 9.17) is 4.98 Å². The lowest BCUT2D eigenvalue weighted by Crippen LogP contribution is -2.19. The quantitative estimate of drug-likeness (QED) is 0.279. The third kappa shape index (κ3) is 4.86. The Balaban J connectivity index is 1.76. The first-order valence-corrected chi connectivity index (χ1v) is 13.4. The van der Waals surface area contributed by atoms with Crippen LogP contribution in [0.25, 0.3) is 22.0 Å². The van der Waals surface area contributed by atoms with Gasteiger partial charge in [0, 0.05) is 29.1 Å². The van der Waals surface area contributed by atoms with Gasteiger partial charge in [0.2, 0.25) is 0 Å². The summed E-state index contributed by atoms with van der Waals surface area (Å²) >= 11 is 0. The maximum Gasteiger partial charge on any atom is 0.0708 e. The predicted octanol–water partition coefficient (Wildman–Crippen LogP) is 8.29. The highest BCUT2D eigenvalue weighted by atomic mass is 14.8. The largest absolute Gasteiger partial charge is 0.387 e. The molecule has 2 nitrogen and oxygen atoms in total. The van der Waals surface area contributed by atoms with Crippen LogP contribution in [0.3, 0.4) is 0 Å². The zero-order chi connectivity index (χ0) is 24.9. The fourth-order valence-electron chi connectivity index (χ4n) is 5.60. The minimum Gasteiger partial charge on any atom is -0.387 e. The second kappa shape index (κ2) is 11.0. The number of benzene rings is 3. The van der Waals surface area contributed by atoms with E-state index in [1.165, 1.54) is 50.0 Å². The lowest BCUT2D eigenvalue weighted by atomic mass is 9.82. The molecule has 1 unspecified atom stereocenters. The van der Waals surface area contributed by atoms with Crippen molar-refractivity contribution >= 4 is 10.9 Å². The van der Waals surface area contributed by atoms with E-state index in [-0.39, 0.29) is 5.92 Å². The highest BCUT2D eigenvalue weighted by Crippen LogP contribution is 2.38. The molecule has 3 aromatic carbocycles. The minimum atomic E-state index is 0.205. The molecule has 0 saturated carbocycles. The van der Waals surface area contributed by atoms with Crippen molar-refractivity contribution in [3.8, 4) is 11.1 Å². The first kappa shape index (κ1) is 24.1. The van der Waals surface area contributed by atoms with Crippen molar-refractivity contribution < 1.29 is 0 Å². The second-order valence-electron chi connectivity index (χ2n) is 9.88. The van der Waals surface area contributed by atoms with Crippen molar-refractivity contribution in [1.29, 1.82) is 0 Å². The normalized spacial score (nSPS) is 13.9. The summed E-state index contributed by atoms with van der Waals surface area (Å²) in [6, 6.07) is 26.8. The van der Waals surface area contributed by atoms with Gasteiger partial charge in [-0.25, -0.2) is 0 Å². The molecule has 1 N–H and O–H groups in total. The van der Waals surface area contributed by atoms with Gasteiger partial charge in [-0.2, -0.15) is 0 Å². The van der Waals surface area contributed by atoms with E-state index in [1.54, 1.807) is 0 Å². The first-order chi connectivity index (χ1) is 17.7. The lowest BCUT2D eigenvalue weighted by Gasteiger charge is -2.25. The molecule has 0 fully saturated rings. The molecule has 1 atom stereocenters. The number of nitrogens with one attached hydrogen (secondary N) is 1. The van der Waals surface area contributed by atoms with Crippen LogP contribution in [0, 0.1) is 6.92 Å². The van der Waals surface area contributed by atoms with Gasteiger partial charge >= 0.3 is 0 Å². The third-order valence-electron chi connectivity index (χ3n) is 7.15. The summed E-state index contributed by atoms with van der Waals surface area (Å²) in [6.07, 6.45) is 10.7. The van der Waals surface area contributed by atoms with Crippen molar-refractivity contribution in [2.45, 2.75) is 52.4 Å². The maximum atomic E-state index is 5.25. The van der Waals surface area contributed by atoms with Crippen molar-refractivity contribution in [2.75, 3.05) is 6.54 Å². The van der Waals surface area contributed by atoms with Gasteiger partial charge in [-0.1, -0.05) is 99.0 Å². The molecule has 1 aliphatic rings. The van der Waals surface area contributed by atoms with Crippen LogP contribution in [0.2, 0.25) is 0 Å². The van der Waals surface area contributed by atoms with Crippen molar-refractivity contribution in [2.24, 2.45) is 0 Å². The number of aromatic nitrogens is 1. The van der Waals surface area contributed by atoms with E-state index in [1.807, 2.05) is 6.20 Å². The van der Waals surface area contributed by atoms with Gasteiger partial charge in [0.15, 0.2) is 0 Å². The predicted molar refractivity (Wildman–Crippen MR) is 153 cm³/mol. The van der Waals surface area contributed by atoms with Gasteiger partial charge in [0.1, 0.15) is 0 Å². The van der Waals surface area contributed by atoms with Gasteiger partial charge in [-0.05, 0) is 72.0 Å². The molecule has 0 saturated heterocycles. The maximum absolute atomic E-state index is 5.25. The molecule has 0 amide bonds. The Labute approximate surface area is 215 Å². The van der Waals surface area contributed by atoms with Gasteiger partial charge in [0.05, 0.1) is 5.52 Å². The Hall–Kier alpha value is -3.65. The number of hydrogen-bond acceptors (Lipinski definition) is 2. The van der Waals surface area contributed by atoms with Gasteiger partial charge in [-0.3, -0.25) is 4.98 Å². The minimum absolute atomic E-state index is 0.205. The number of allylic oxidation sites excluding steroid dienone is 2. The number of aryl methyl sites for hydroxylation is 3. The number of nitrogens with zero attached hydrogens (tertiary/aromatic N) is 1. The van der Waals surface area contributed by atoms with Crippen LogP contribution in [0.5, 0.6) is 0 Å². The van der Waals surface area contributed by atoms with E-state index < -0.39 is 0 Å². The van der Waals surface area contributed by atoms with E-state index in [0.29, 0.717) is 0 Å². The Morgan fingerprint density at radius 3 is 2.39 bits per heavy atom. The van der Waals surface area contributed by atoms with E-state index in [2.05, 4.69) is 111 Å². The summed E-state index contributed by atoms with van der Waals surface area (Å²) in [5.74, 6) is 0.205. The molecule has 1 aliphatic heterocycles. The molecule has 36 heavy (non-hydrogen) atoms. The molecule has 0 bridgehead atoms. The zero-order valence-electron chi connectivity index (χ0n) is 21.7. The Kier molecular flexibility index (Phi) is 7.32.